The number of carboxylic acids is 1. The highest BCUT2D eigenvalue weighted by Crippen LogP contribution is 2.25. The summed E-state index contributed by atoms with van der Waals surface area (Å²) in [5, 5.41) is 11.9. The highest BCUT2D eigenvalue weighted by molar-refractivity contribution is 7.90. The highest BCUT2D eigenvalue weighted by atomic mass is 35.5. The molecule has 110 valence electrons. The van der Waals surface area contributed by atoms with E-state index in [-0.39, 0.29) is 21.3 Å². The molecule has 1 aromatic carbocycles. The van der Waals surface area contributed by atoms with Gasteiger partial charge in [-0.05, 0) is 30.3 Å². The van der Waals surface area contributed by atoms with Gasteiger partial charge in [0.1, 0.15) is 10.7 Å². The van der Waals surface area contributed by atoms with E-state index in [1.807, 2.05) is 0 Å². The van der Waals surface area contributed by atoms with Crippen molar-refractivity contribution in [2.45, 2.75) is 4.90 Å². The van der Waals surface area contributed by atoms with E-state index in [9.17, 15) is 13.2 Å². The number of benzene rings is 1. The van der Waals surface area contributed by atoms with Gasteiger partial charge in [0.15, 0.2) is 9.84 Å². The molecule has 0 atom stereocenters. The minimum atomic E-state index is -3.46. The Morgan fingerprint density at radius 1 is 1.33 bits per heavy atom. The molecule has 0 aliphatic carbocycles. The van der Waals surface area contributed by atoms with Crippen molar-refractivity contribution in [3.63, 3.8) is 0 Å². The maximum atomic E-state index is 11.7. The van der Waals surface area contributed by atoms with Gasteiger partial charge in [0.25, 0.3) is 0 Å². The van der Waals surface area contributed by atoms with Crippen LogP contribution < -0.4 is 5.32 Å². The Labute approximate surface area is 126 Å². The molecule has 1 aromatic heterocycles. The van der Waals surface area contributed by atoms with Crippen LogP contribution in [-0.2, 0) is 9.84 Å². The first-order valence-electron chi connectivity index (χ1n) is 5.74. The number of aromatic nitrogens is 1. The number of halogens is 1. The summed E-state index contributed by atoms with van der Waals surface area (Å²) in [4.78, 5) is 15.0. The number of rotatable bonds is 4. The fraction of sp³-hybridized carbons (Fsp3) is 0.0769. The monoisotopic (exact) mass is 326 g/mol. The van der Waals surface area contributed by atoms with E-state index in [0.29, 0.717) is 5.69 Å². The summed E-state index contributed by atoms with van der Waals surface area (Å²) in [5.74, 6) is -1.05. The molecule has 0 bridgehead atoms. The van der Waals surface area contributed by atoms with Gasteiger partial charge >= 0.3 is 5.97 Å². The molecular formula is C13H11ClN2O4S. The lowest BCUT2D eigenvalue weighted by molar-refractivity contribution is 0.0697. The van der Waals surface area contributed by atoms with Gasteiger partial charge in [-0.25, -0.2) is 18.2 Å². The molecule has 2 aromatic rings. The van der Waals surface area contributed by atoms with E-state index >= 15 is 0 Å². The van der Waals surface area contributed by atoms with Gasteiger partial charge in [0.05, 0.1) is 10.6 Å². The zero-order chi connectivity index (χ0) is 15.6. The van der Waals surface area contributed by atoms with Crippen molar-refractivity contribution < 1.29 is 18.3 Å². The number of anilines is 2. The van der Waals surface area contributed by atoms with E-state index < -0.39 is 15.8 Å². The molecule has 0 amide bonds. The van der Waals surface area contributed by atoms with Crippen molar-refractivity contribution in [2.75, 3.05) is 11.6 Å². The van der Waals surface area contributed by atoms with E-state index in [2.05, 4.69) is 10.3 Å². The Kier molecular flexibility index (Phi) is 4.15. The molecular weight excluding hydrogens is 316 g/mol. The lowest BCUT2D eigenvalue weighted by Crippen LogP contribution is -2.05. The lowest BCUT2D eigenvalue weighted by atomic mass is 10.2. The summed E-state index contributed by atoms with van der Waals surface area (Å²) in [7, 11) is -3.46. The molecule has 21 heavy (non-hydrogen) atoms. The summed E-state index contributed by atoms with van der Waals surface area (Å²) in [6, 6.07) is 7.18. The number of nitrogens with one attached hydrogen (secondary N) is 1. The highest BCUT2D eigenvalue weighted by Gasteiger charge is 2.15. The molecule has 0 radical (unpaired) electrons. The summed E-state index contributed by atoms with van der Waals surface area (Å²) in [6.45, 7) is 0. The topological polar surface area (TPSA) is 96.4 Å². The van der Waals surface area contributed by atoms with Crippen LogP contribution in [0.3, 0.4) is 0 Å². The van der Waals surface area contributed by atoms with E-state index in [1.165, 1.54) is 36.5 Å². The number of sulfone groups is 1. The molecule has 0 saturated heterocycles. The average molecular weight is 327 g/mol. The first-order chi connectivity index (χ1) is 9.79. The first-order valence-corrected chi connectivity index (χ1v) is 8.01. The molecule has 0 saturated carbocycles. The molecule has 0 aliphatic heterocycles. The third kappa shape index (κ3) is 3.50. The minimum absolute atomic E-state index is 0.0248. The number of hydrogen-bond donors (Lipinski definition) is 2. The lowest BCUT2D eigenvalue weighted by Gasteiger charge is -2.10. The molecule has 0 aliphatic rings. The van der Waals surface area contributed by atoms with Gasteiger partial charge in [0, 0.05) is 18.1 Å². The van der Waals surface area contributed by atoms with Gasteiger partial charge in [0.2, 0.25) is 0 Å². The SMILES string of the molecule is CS(=O)(=O)c1cccnc1Nc1ccc(Cl)c(C(=O)O)c1. The number of hydrogen-bond acceptors (Lipinski definition) is 5. The van der Waals surface area contributed by atoms with Crippen molar-refractivity contribution >= 4 is 38.9 Å². The van der Waals surface area contributed by atoms with Gasteiger partial charge in [-0.3, -0.25) is 0 Å². The van der Waals surface area contributed by atoms with Crippen LogP contribution in [0.1, 0.15) is 10.4 Å². The van der Waals surface area contributed by atoms with Crippen LogP contribution in [0, 0.1) is 0 Å². The standard InChI is InChI=1S/C13H11ClN2O4S/c1-21(19,20)11-3-2-6-15-12(11)16-8-4-5-10(14)9(7-8)13(17)18/h2-7H,1H3,(H,15,16)(H,17,18). The molecule has 8 heteroatoms. The van der Waals surface area contributed by atoms with Crippen molar-refractivity contribution in [1.82, 2.24) is 4.98 Å². The fourth-order valence-electron chi connectivity index (χ4n) is 1.69. The van der Waals surface area contributed by atoms with Crippen molar-refractivity contribution in [3.05, 3.63) is 47.1 Å². The smallest absolute Gasteiger partial charge is 0.337 e. The van der Waals surface area contributed by atoms with Crippen molar-refractivity contribution in [3.8, 4) is 0 Å². The molecule has 6 nitrogen and oxygen atoms in total. The number of nitrogens with zero attached hydrogens (tertiary/aromatic N) is 1. The fourth-order valence-corrected chi connectivity index (χ4v) is 2.67. The average Bonchev–Trinajstić information content (AvgIpc) is 2.40. The molecule has 0 spiro atoms. The van der Waals surface area contributed by atoms with E-state index in [1.54, 1.807) is 0 Å². The Balaban J connectivity index is 2.45. The molecule has 0 fully saturated rings. The number of carbonyl (C=O) groups is 1. The van der Waals surface area contributed by atoms with Crippen LogP contribution in [-0.4, -0.2) is 30.7 Å². The Morgan fingerprint density at radius 3 is 2.67 bits per heavy atom. The Hall–Kier alpha value is -2.12. The Bertz CT molecular complexity index is 806. The summed E-state index contributed by atoms with van der Waals surface area (Å²) < 4.78 is 23.4. The van der Waals surface area contributed by atoms with Crippen LogP contribution in [0.25, 0.3) is 0 Å². The van der Waals surface area contributed by atoms with Gasteiger partial charge in [-0.2, -0.15) is 0 Å². The normalized spacial score (nSPS) is 11.1. The van der Waals surface area contributed by atoms with Crippen LogP contribution in [0.15, 0.2) is 41.4 Å². The van der Waals surface area contributed by atoms with Gasteiger partial charge in [-0.15, -0.1) is 0 Å². The quantitative estimate of drug-likeness (QED) is 0.896. The maximum absolute atomic E-state index is 11.7. The zero-order valence-corrected chi connectivity index (χ0v) is 12.4. The third-order valence-electron chi connectivity index (χ3n) is 2.63. The van der Waals surface area contributed by atoms with Crippen LogP contribution >= 0.6 is 11.6 Å². The van der Waals surface area contributed by atoms with Crippen LogP contribution in [0.2, 0.25) is 5.02 Å². The van der Waals surface area contributed by atoms with Gasteiger partial charge in [-0.1, -0.05) is 11.6 Å². The summed E-state index contributed by atoms with van der Waals surface area (Å²) >= 11 is 5.78. The van der Waals surface area contributed by atoms with Gasteiger partial charge < -0.3 is 10.4 Å². The van der Waals surface area contributed by atoms with Crippen LogP contribution in [0.4, 0.5) is 11.5 Å². The second kappa shape index (κ2) is 5.71. The molecule has 2 rings (SSSR count). The van der Waals surface area contributed by atoms with E-state index in [4.69, 9.17) is 16.7 Å². The number of pyridine rings is 1. The van der Waals surface area contributed by atoms with Crippen LogP contribution in [0.5, 0.6) is 0 Å². The third-order valence-corrected chi connectivity index (χ3v) is 4.09. The van der Waals surface area contributed by atoms with Crippen molar-refractivity contribution in [1.29, 1.82) is 0 Å². The minimum Gasteiger partial charge on any atom is -0.478 e. The second-order valence-electron chi connectivity index (χ2n) is 4.25. The summed E-state index contributed by atoms with van der Waals surface area (Å²) in [6.07, 6.45) is 2.50. The maximum Gasteiger partial charge on any atom is 0.337 e. The second-order valence-corrected chi connectivity index (χ2v) is 6.64. The first kappa shape index (κ1) is 15.3. The predicted octanol–water partition coefficient (Wildman–Crippen LogP) is 2.58. The molecule has 0 unspecified atom stereocenters. The zero-order valence-electron chi connectivity index (χ0n) is 10.9. The predicted molar refractivity (Wildman–Crippen MR) is 79.0 cm³/mol. The molecule has 1 heterocycles. The largest absolute Gasteiger partial charge is 0.478 e. The Morgan fingerprint density at radius 2 is 2.05 bits per heavy atom. The van der Waals surface area contributed by atoms with Crippen molar-refractivity contribution in [2.24, 2.45) is 0 Å². The number of aromatic carboxylic acids is 1. The molecule has 2 N–H and O–H groups in total. The number of carboxylic acid groups (broad SMARTS) is 1. The van der Waals surface area contributed by atoms with E-state index in [0.717, 1.165) is 6.26 Å². The summed E-state index contributed by atoms with van der Waals surface area (Å²) in [5.41, 5.74) is 0.291.